The summed E-state index contributed by atoms with van der Waals surface area (Å²) in [4.78, 5) is 74.6. The first-order valence-corrected chi connectivity index (χ1v) is 26.5. The number of methoxy groups -OCH3 is 1. The fraction of sp³-hybridized carbons (Fsp3) is 0.417. The van der Waals surface area contributed by atoms with Crippen LogP contribution in [-0.2, 0) is 20.6 Å². The predicted molar refractivity (Wildman–Crippen MR) is 267 cm³/mol. The lowest BCUT2D eigenvalue weighted by Gasteiger charge is -2.35. The molecule has 356 valence electrons. The lowest BCUT2D eigenvalue weighted by Crippen LogP contribution is -2.54. The van der Waals surface area contributed by atoms with Crippen LogP contribution in [0.2, 0.25) is 0 Å². The lowest BCUT2D eigenvalue weighted by atomic mass is 10.0. The highest BCUT2D eigenvalue weighted by Gasteiger charge is 2.45. The Bertz CT molecular complexity index is 2840. The van der Waals surface area contributed by atoms with Gasteiger partial charge in [0, 0.05) is 87.8 Å². The molecule has 0 bridgehead atoms. The Morgan fingerprint density at radius 2 is 1.65 bits per heavy atom. The summed E-state index contributed by atoms with van der Waals surface area (Å²) in [6, 6.07) is 12.7. The number of nitrogens with one attached hydrogen (secondary N) is 5. The van der Waals surface area contributed by atoms with Gasteiger partial charge in [-0.05, 0) is 116 Å². The summed E-state index contributed by atoms with van der Waals surface area (Å²) in [5.74, 6) is 0.0102. The molecule has 2 aromatic heterocycles. The van der Waals surface area contributed by atoms with E-state index in [2.05, 4.69) is 86.3 Å². The number of piperidine rings is 2. The van der Waals surface area contributed by atoms with E-state index in [0.717, 1.165) is 93.5 Å². The van der Waals surface area contributed by atoms with Gasteiger partial charge in [-0.15, -0.1) is 0 Å². The second kappa shape index (κ2) is 19.9. The van der Waals surface area contributed by atoms with Gasteiger partial charge in [0.25, 0.3) is 11.8 Å². The van der Waals surface area contributed by atoms with Gasteiger partial charge in [0.15, 0.2) is 0 Å². The minimum absolute atomic E-state index is 0.0902. The number of ether oxygens (including phenoxy) is 1. The molecule has 0 saturated carbocycles. The number of halogens is 1. The maximum Gasteiger partial charge on any atom is 0.262 e. The second-order valence-electron chi connectivity index (χ2n) is 18.1. The van der Waals surface area contributed by atoms with E-state index in [1.54, 1.807) is 51.2 Å². The van der Waals surface area contributed by atoms with Crippen molar-refractivity contribution in [3.63, 3.8) is 0 Å². The summed E-state index contributed by atoms with van der Waals surface area (Å²) in [5, 5.41) is 17.0. The van der Waals surface area contributed by atoms with Crippen LogP contribution in [-0.4, -0.2) is 127 Å². The van der Waals surface area contributed by atoms with E-state index in [0.29, 0.717) is 67.1 Å². The topological polar surface area (TPSA) is 216 Å². The number of aromatic nitrogens is 4. The quantitative estimate of drug-likeness (QED) is 0.0465. The molecule has 20 heteroatoms. The molecule has 4 aliphatic heterocycles. The standard InChI is InChI=1S/C48H56BrN12O6P/c1-5-29-22-37(56-48-54-26-34(49)44(58-48)55-36-9-8-35-42(53-18-17-52-35)43(36)68(3,4)66)40(67-2)24-39(29)59-20-13-30(14-21-59)51-16-15-50-25-28-12-19-60(27-28)31-6-7-32-33(23-31)47(65)61(46(32)64)38-10-11-41(62)57-45(38)63/h6-9,17-18,22-24,26,28,30,38,50-51H,5,10-16,19-21,25,27H2,1-4H3,(H,57,62,63)(H2,54,55,56,58)/t28-,38?/m0/s1. The van der Waals surface area contributed by atoms with Gasteiger partial charge in [0.05, 0.1) is 44.9 Å². The third kappa shape index (κ3) is 9.79. The Kier molecular flexibility index (Phi) is 13.8. The van der Waals surface area contributed by atoms with E-state index in [9.17, 15) is 23.7 Å². The van der Waals surface area contributed by atoms with Crippen LogP contribution in [0.1, 0.15) is 65.3 Å². The van der Waals surface area contributed by atoms with Crippen molar-refractivity contribution < 1.29 is 28.5 Å². The molecule has 3 fully saturated rings. The highest BCUT2D eigenvalue weighted by molar-refractivity contribution is 9.10. The number of imide groups is 2. The fourth-order valence-electron chi connectivity index (χ4n) is 9.77. The van der Waals surface area contributed by atoms with Gasteiger partial charge < -0.3 is 40.4 Å². The normalized spacial score (nSPS) is 18.9. The van der Waals surface area contributed by atoms with Crippen LogP contribution < -0.4 is 46.4 Å². The average molecular weight is 1010 g/mol. The number of hydrogen-bond donors (Lipinski definition) is 5. The number of aryl methyl sites for hydroxylation is 1. The molecular weight excluding hydrogens is 951 g/mol. The molecule has 0 aliphatic carbocycles. The van der Waals surface area contributed by atoms with Crippen molar-refractivity contribution in [1.82, 2.24) is 40.8 Å². The third-order valence-corrected chi connectivity index (χ3v) is 15.4. The monoisotopic (exact) mass is 1010 g/mol. The van der Waals surface area contributed by atoms with Crippen molar-refractivity contribution in [3.05, 3.63) is 82.2 Å². The summed E-state index contributed by atoms with van der Waals surface area (Å²) in [6.07, 6.45) is 8.99. The Morgan fingerprint density at radius 1 is 0.868 bits per heavy atom. The SMILES string of the molecule is CCc1cc(Nc2ncc(Br)c(Nc3ccc4nccnc4c3P(C)(C)=O)n2)c(OC)cc1N1CCC(NCCNC[C@@H]2CCN(c3ccc4c(c3)C(=O)N(C3CCC(=O)NC3=O)C4=O)C2)CC1. The zero-order valence-electron chi connectivity index (χ0n) is 38.6. The van der Waals surface area contributed by atoms with Crippen LogP contribution in [0.25, 0.3) is 11.0 Å². The van der Waals surface area contributed by atoms with Gasteiger partial charge in [-0.1, -0.05) is 6.92 Å². The molecule has 2 atom stereocenters. The fourth-order valence-corrected chi connectivity index (χ4v) is 11.5. The molecule has 3 saturated heterocycles. The maximum absolute atomic E-state index is 13.5. The second-order valence-corrected chi connectivity index (χ2v) is 22.1. The summed E-state index contributed by atoms with van der Waals surface area (Å²) in [7, 11) is -1.12. The first kappa shape index (κ1) is 47.1. The largest absolute Gasteiger partial charge is 0.494 e. The third-order valence-electron chi connectivity index (χ3n) is 13.3. The Hall–Kier alpha value is -6.01. The number of nitrogens with zero attached hydrogens (tertiary/aromatic N) is 7. The molecule has 6 heterocycles. The highest BCUT2D eigenvalue weighted by atomic mass is 79.9. The van der Waals surface area contributed by atoms with Crippen LogP contribution in [0.3, 0.4) is 0 Å². The lowest BCUT2D eigenvalue weighted by molar-refractivity contribution is -0.136. The van der Waals surface area contributed by atoms with Crippen molar-refractivity contribution in [3.8, 4) is 5.75 Å². The molecule has 9 rings (SSSR count). The zero-order chi connectivity index (χ0) is 47.7. The first-order valence-electron chi connectivity index (χ1n) is 23.2. The van der Waals surface area contributed by atoms with E-state index in [1.807, 2.05) is 18.2 Å². The Morgan fingerprint density at radius 3 is 2.41 bits per heavy atom. The predicted octanol–water partition coefficient (Wildman–Crippen LogP) is 5.56. The van der Waals surface area contributed by atoms with Crippen LogP contribution in [0, 0.1) is 5.92 Å². The Balaban J connectivity index is 0.745. The smallest absolute Gasteiger partial charge is 0.262 e. The van der Waals surface area contributed by atoms with Gasteiger partial charge in [-0.25, -0.2) is 4.98 Å². The van der Waals surface area contributed by atoms with Crippen molar-refractivity contribution in [2.24, 2.45) is 5.92 Å². The maximum atomic E-state index is 13.5. The molecule has 5 aromatic rings. The number of hydrogen-bond acceptors (Lipinski definition) is 16. The zero-order valence-corrected chi connectivity index (χ0v) is 41.1. The molecule has 18 nitrogen and oxygen atoms in total. The van der Waals surface area contributed by atoms with Crippen molar-refractivity contribution in [1.29, 1.82) is 0 Å². The molecule has 0 spiro atoms. The molecule has 3 aromatic carbocycles. The average Bonchev–Trinajstić information content (AvgIpc) is 3.90. The molecular formula is C48H56BrN12O6P. The number of carbonyl (C=O) groups excluding carboxylic acids is 4. The molecule has 1 unspecified atom stereocenters. The van der Waals surface area contributed by atoms with Crippen LogP contribution in [0.15, 0.2) is 65.5 Å². The minimum Gasteiger partial charge on any atom is -0.494 e. The van der Waals surface area contributed by atoms with Crippen molar-refractivity contribution >= 4 is 97.6 Å². The molecule has 4 aliphatic rings. The van der Waals surface area contributed by atoms with Crippen molar-refractivity contribution in [2.75, 3.05) is 86.7 Å². The van der Waals surface area contributed by atoms with Gasteiger partial charge >= 0.3 is 0 Å². The summed E-state index contributed by atoms with van der Waals surface area (Å²) in [5.41, 5.74) is 6.47. The van der Waals surface area contributed by atoms with Gasteiger partial charge in [0.1, 0.15) is 30.3 Å². The number of benzene rings is 3. The van der Waals surface area contributed by atoms with Gasteiger partial charge in [0.2, 0.25) is 17.8 Å². The van der Waals surface area contributed by atoms with E-state index in [-0.39, 0.29) is 12.8 Å². The summed E-state index contributed by atoms with van der Waals surface area (Å²) in [6.45, 7) is 11.7. The summed E-state index contributed by atoms with van der Waals surface area (Å²) >= 11 is 3.59. The molecule has 68 heavy (non-hydrogen) atoms. The molecule has 5 N–H and O–H groups in total. The summed E-state index contributed by atoms with van der Waals surface area (Å²) < 4.78 is 20.1. The van der Waals surface area contributed by atoms with E-state index in [1.165, 1.54) is 5.56 Å². The number of fused-ring (bicyclic) bond motifs is 2. The number of carbonyl (C=O) groups is 4. The van der Waals surface area contributed by atoms with Crippen LogP contribution >= 0.6 is 23.1 Å². The number of rotatable bonds is 16. The number of anilines is 6. The first-order chi connectivity index (χ1) is 32.8. The number of amides is 4. The van der Waals surface area contributed by atoms with E-state index in [4.69, 9.17) is 9.72 Å². The minimum atomic E-state index is -2.78. The van der Waals surface area contributed by atoms with Crippen LogP contribution in [0.5, 0.6) is 5.75 Å². The van der Waals surface area contributed by atoms with Gasteiger partial charge in [-0.3, -0.25) is 39.4 Å². The van der Waals surface area contributed by atoms with E-state index < -0.39 is 36.8 Å². The Labute approximate surface area is 403 Å². The van der Waals surface area contributed by atoms with Crippen molar-refractivity contribution in [2.45, 2.75) is 57.5 Å². The van der Waals surface area contributed by atoms with E-state index >= 15 is 0 Å². The van der Waals surface area contributed by atoms with Crippen LogP contribution in [0.4, 0.5) is 34.5 Å². The molecule has 4 amide bonds. The van der Waals surface area contributed by atoms with Gasteiger partial charge in [-0.2, -0.15) is 4.98 Å². The molecule has 0 radical (unpaired) electrons. The highest BCUT2D eigenvalue weighted by Crippen LogP contribution is 2.42.